The van der Waals surface area contributed by atoms with Crippen molar-refractivity contribution in [1.82, 2.24) is 4.90 Å². The van der Waals surface area contributed by atoms with Gasteiger partial charge in [-0.1, -0.05) is 12.1 Å². The SMILES string of the molecule is O=C([C@H]1CN(C(=O)c2ccc(Br)o2)c2ccccc2O1)N1CCOCC1. The van der Waals surface area contributed by atoms with Gasteiger partial charge >= 0.3 is 0 Å². The highest BCUT2D eigenvalue weighted by Crippen LogP contribution is 2.35. The Balaban J connectivity index is 1.62. The molecule has 26 heavy (non-hydrogen) atoms. The molecule has 2 aliphatic rings. The Bertz CT molecular complexity index is 830. The minimum absolute atomic E-state index is 0.129. The third-order valence-corrected chi connectivity index (χ3v) is 4.83. The van der Waals surface area contributed by atoms with Gasteiger partial charge in [-0.15, -0.1) is 0 Å². The van der Waals surface area contributed by atoms with Crippen molar-refractivity contribution in [2.45, 2.75) is 6.10 Å². The van der Waals surface area contributed by atoms with Crippen LogP contribution in [0.5, 0.6) is 5.75 Å². The first-order valence-corrected chi connectivity index (χ1v) is 9.12. The lowest BCUT2D eigenvalue weighted by molar-refractivity contribution is -0.142. The summed E-state index contributed by atoms with van der Waals surface area (Å²) in [5, 5.41) is 0. The van der Waals surface area contributed by atoms with Crippen LogP contribution in [0.3, 0.4) is 0 Å². The number of morpholine rings is 1. The van der Waals surface area contributed by atoms with Crippen molar-refractivity contribution in [3.05, 3.63) is 46.8 Å². The van der Waals surface area contributed by atoms with Gasteiger partial charge in [-0.05, 0) is 40.2 Å². The smallest absolute Gasteiger partial charge is 0.294 e. The van der Waals surface area contributed by atoms with Gasteiger partial charge in [-0.3, -0.25) is 14.5 Å². The Morgan fingerprint density at radius 1 is 1.08 bits per heavy atom. The minimum atomic E-state index is -0.759. The van der Waals surface area contributed by atoms with Crippen LogP contribution in [0, 0.1) is 0 Å². The van der Waals surface area contributed by atoms with Crippen LogP contribution in [-0.4, -0.2) is 55.7 Å². The first-order valence-electron chi connectivity index (χ1n) is 8.33. The average Bonchev–Trinajstić information content (AvgIpc) is 3.13. The van der Waals surface area contributed by atoms with E-state index in [9.17, 15) is 9.59 Å². The quantitative estimate of drug-likeness (QED) is 0.745. The number of hydrogen-bond acceptors (Lipinski definition) is 5. The number of carbonyl (C=O) groups is 2. The van der Waals surface area contributed by atoms with E-state index in [4.69, 9.17) is 13.9 Å². The number of rotatable bonds is 2. The number of anilines is 1. The van der Waals surface area contributed by atoms with Crippen molar-refractivity contribution in [2.24, 2.45) is 0 Å². The molecule has 1 aromatic heterocycles. The van der Waals surface area contributed by atoms with E-state index in [2.05, 4.69) is 15.9 Å². The Hall–Kier alpha value is -2.32. The van der Waals surface area contributed by atoms with Crippen LogP contribution >= 0.6 is 15.9 Å². The van der Waals surface area contributed by atoms with E-state index in [1.54, 1.807) is 29.2 Å². The predicted molar refractivity (Wildman–Crippen MR) is 96.3 cm³/mol. The van der Waals surface area contributed by atoms with Crippen molar-refractivity contribution in [2.75, 3.05) is 37.7 Å². The molecule has 4 rings (SSSR count). The van der Waals surface area contributed by atoms with Crippen molar-refractivity contribution >= 4 is 33.4 Å². The van der Waals surface area contributed by atoms with Gasteiger partial charge < -0.3 is 18.8 Å². The van der Waals surface area contributed by atoms with Crippen LogP contribution in [0.2, 0.25) is 0 Å². The van der Waals surface area contributed by atoms with Crippen LogP contribution in [-0.2, 0) is 9.53 Å². The average molecular weight is 421 g/mol. The molecule has 1 fully saturated rings. The molecule has 2 amide bonds. The molecule has 8 heteroatoms. The topological polar surface area (TPSA) is 72.2 Å². The first-order chi connectivity index (χ1) is 12.6. The third kappa shape index (κ3) is 3.22. The molecule has 0 aliphatic carbocycles. The van der Waals surface area contributed by atoms with Crippen molar-refractivity contribution in [1.29, 1.82) is 0 Å². The highest BCUT2D eigenvalue weighted by Gasteiger charge is 2.37. The molecule has 2 aromatic rings. The van der Waals surface area contributed by atoms with Crippen LogP contribution in [0.15, 0.2) is 45.5 Å². The van der Waals surface area contributed by atoms with Gasteiger partial charge in [0.05, 0.1) is 25.4 Å². The molecule has 0 spiro atoms. The molecule has 7 nitrogen and oxygen atoms in total. The fraction of sp³-hybridized carbons (Fsp3) is 0.333. The number of fused-ring (bicyclic) bond motifs is 1. The maximum Gasteiger partial charge on any atom is 0.294 e. The van der Waals surface area contributed by atoms with Gasteiger partial charge in [0.2, 0.25) is 0 Å². The normalized spacial score (nSPS) is 19.7. The van der Waals surface area contributed by atoms with E-state index in [0.717, 1.165) is 0 Å². The second-order valence-electron chi connectivity index (χ2n) is 6.03. The number of furan rings is 1. The van der Waals surface area contributed by atoms with E-state index >= 15 is 0 Å². The van der Waals surface area contributed by atoms with Gasteiger partial charge in [0.25, 0.3) is 11.8 Å². The van der Waals surface area contributed by atoms with Crippen molar-refractivity contribution < 1.29 is 23.5 Å². The summed E-state index contributed by atoms with van der Waals surface area (Å²) in [6.07, 6.45) is -0.759. The van der Waals surface area contributed by atoms with E-state index in [-0.39, 0.29) is 24.1 Å². The molecule has 0 radical (unpaired) electrons. The number of para-hydroxylation sites is 2. The van der Waals surface area contributed by atoms with E-state index in [1.807, 2.05) is 12.1 Å². The maximum atomic E-state index is 12.9. The van der Waals surface area contributed by atoms with Crippen LogP contribution in [0.1, 0.15) is 10.6 Å². The molecule has 0 saturated carbocycles. The lowest BCUT2D eigenvalue weighted by atomic mass is 10.1. The highest BCUT2D eigenvalue weighted by molar-refractivity contribution is 9.10. The van der Waals surface area contributed by atoms with Gasteiger partial charge in [0, 0.05) is 13.1 Å². The summed E-state index contributed by atoms with van der Waals surface area (Å²) in [5.41, 5.74) is 0.621. The maximum absolute atomic E-state index is 12.9. The lowest BCUT2D eigenvalue weighted by Gasteiger charge is -2.37. The van der Waals surface area contributed by atoms with E-state index < -0.39 is 6.10 Å². The monoisotopic (exact) mass is 420 g/mol. The number of ether oxygens (including phenoxy) is 2. The summed E-state index contributed by atoms with van der Waals surface area (Å²) >= 11 is 3.21. The Morgan fingerprint density at radius 3 is 2.58 bits per heavy atom. The summed E-state index contributed by atoms with van der Waals surface area (Å²) in [7, 11) is 0. The second-order valence-corrected chi connectivity index (χ2v) is 6.81. The standard InChI is InChI=1S/C18H17BrN2O5/c19-16-6-5-14(26-16)18(23)21-11-15(17(22)20-7-9-24-10-8-20)25-13-4-2-1-3-12(13)21/h1-6,15H,7-11H2/t15-/m1/s1. The Morgan fingerprint density at radius 2 is 1.85 bits per heavy atom. The van der Waals surface area contributed by atoms with Gasteiger partial charge in [0.15, 0.2) is 16.5 Å². The number of nitrogens with zero attached hydrogens (tertiary/aromatic N) is 2. The zero-order valence-corrected chi connectivity index (χ0v) is 15.5. The zero-order chi connectivity index (χ0) is 18.1. The summed E-state index contributed by atoms with van der Waals surface area (Å²) in [4.78, 5) is 29.0. The summed E-state index contributed by atoms with van der Waals surface area (Å²) in [6.45, 7) is 2.21. The number of carbonyl (C=O) groups excluding carboxylic acids is 2. The molecular weight excluding hydrogens is 404 g/mol. The Labute approximate surface area is 158 Å². The molecule has 2 aliphatic heterocycles. The molecule has 3 heterocycles. The van der Waals surface area contributed by atoms with Gasteiger partial charge in [-0.2, -0.15) is 0 Å². The summed E-state index contributed by atoms with van der Waals surface area (Å²) in [6, 6.07) is 10.4. The lowest BCUT2D eigenvalue weighted by Crippen LogP contribution is -2.54. The van der Waals surface area contributed by atoms with Crippen molar-refractivity contribution in [3.8, 4) is 5.75 Å². The second kappa shape index (κ2) is 7.13. The molecule has 0 bridgehead atoms. The number of benzene rings is 1. The highest BCUT2D eigenvalue weighted by atomic mass is 79.9. The minimum Gasteiger partial charge on any atom is -0.476 e. The summed E-state index contributed by atoms with van der Waals surface area (Å²) in [5.74, 6) is 0.253. The van der Waals surface area contributed by atoms with Gasteiger partial charge in [0.1, 0.15) is 5.75 Å². The fourth-order valence-electron chi connectivity index (χ4n) is 3.10. The zero-order valence-electron chi connectivity index (χ0n) is 13.9. The van der Waals surface area contributed by atoms with Crippen molar-refractivity contribution in [3.63, 3.8) is 0 Å². The summed E-state index contributed by atoms with van der Waals surface area (Å²) < 4.78 is 17.1. The Kier molecular flexibility index (Phi) is 4.69. The molecule has 0 N–H and O–H groups in total. The largest absolute Gasteiger partial charge is 0.476 e. The molecular formula is C18H17BrN2O5. The molecule has 136 valence electrons. The van der Waals surface area contributed by atoms with Crippen LogP contribution < -0.4 is 9.64 Å². The molecule has 1 aromatic carbocycles. The fourth-order valence-corrected chi connectivity index (χ4v) is 3.41. The number of hydrogen-bond donors (Lipinski definition) is 0. The molecule has 1 atom stereocenters. The predicted octanol–water partition coefficient (Wildman–Crippen LogP) is 2.31. The molecule has 0 unspecified atom stereocenters. The van der Waals surface area contributed by atoms with E-state index in [1.165, 1.54) is 4.90 Å². The number of amides is 2. The third-order valence-electron chi connectivity index (χ3n) is 4.40. The first kappa shape index (κ1) is 17.1. The number of halogens is 1. The van der Waals surface area contributed by atoms with Crippen LogP contribution in [0.4, 0.5) is 5.69 Å². The van der Waals surface area contributed by atoms with Crippen LogP contribution in [0.25, 0.3) is 0 Å². The van der Waals surface area contributed by atoms with Gasteiger partial charge in [-0.25, -0.2) is 0 Å². The molecule has 1 saturated heterocycles. The van der Waals surface area contributed by atoms with E-state index in [0.29, 0.717) is 42.4 Å².